The maximum atomic E-state index is 13.4. The molecule has 1 aromatic carbocycles. The van der Waals surface area contributed by atoms with Crippen LogP contribution < -0.4 is 0 Å². The van der Waals surface area contributed by atoms with Gasteiger partial charge in [0.05, 0.1) is 6.42 Å². The number of hydrogen-bond donors (Lipinski definition) is 0. The van der Waals surface area contributed by atoms with Crippen molar-refractivity contribution in [2.24, 2.45) is 5.92 Å². The van der Waals surface area contributed by atoms with Crippen LogP contribution in [0.1, 0.15) is 18.9 Å². The molecular weight excluding hydrogens is 236 g/mol. The fourth-order valence-corrected chi connectivity index (χ4v) is 1.93. The third-order valence-electron chi connectivity index (χ3n) is 3.13. The minimum Gasteiger partial charge on any atom is -0.319 e. The maximum absolute atomic E-state index is 13.4. The molecule has 1 aliphatic rings. The summed E-state index contributed by atoms with van der Waals surface area (Å²) in [4.78, 5) is 13.4. The molecule has 0 aliphatic carbocycles. The smallest absolute Gasteiger partial charge is 0.231 e. The Kier molecular flexibility index (Phi) is 3.75. The molecule has 0 fully saturated rings. The molecule has 0 spiro atoms. The van der Waals surface area contributed by atoms with E-state index >= 15 is 0 Å². The highest BCUT2D eigenvalue weighted by Crippen LogP contribution is 2.17. The van der Waals surface area contributed by atoms with Crippen molar-refractivity contribution in [2.45, 2.75) is 19.8 Å². The van der Waals surface area contributed by atoms with Crippen LogP contribution in [0.25, 0.3) is 0 Å². The van der Waals surface area contributed by atoms with Gasteiger partial charge in [-0.1, -0.05) is 19.1 Å². The standard InChI is InChI=1S/C14H15F2NO/c1-10-5-7-17(8-6-10)14(18)9-11-12(15)3-2-4-13(11)16/h2-5,7,10H,6,8-9H2,1H3. The van der Waals surface area contributed by atoms with Crippen molar-refractivity contribution < 1.29 is 13.6 Å². The van der Waals surface area contributed by atoms with Crippen LogP contribution in [0.4, 0.5) is 8.78 Å². The summed E-state index contributed by atoms with van der Waals surface area (Å²) in [5, 5.41) is 0. The van der Waals surface area contributed by atoms with E-state index in [0.717, 1.165) is 6.42 Å². The van der Waals surface area contributed by atoms with E-state index in [1.165, 1.54) is 23.1 Å². The molecule has 0 saturated heterocycles. The van der Waals surface area contributed by atoms with Gasteiger partial charge in [-0.3, -0.25) is 4.79 Å². The fourth-order valence-electron chi connectivity index (χ4n) is 1.93. The van der Waals surface area contributed by atoms with Gasteiger partial charge in [0.2, 0.25) is 5.91 Å². The summed E-state index contributed by atoms with van der Waals surface area (Å²) in [5.74, 6) is -1.17. The second-order valence-electron chi connectivity index (χ2n) is 4.57. The molecular formula is C14H15F2NO. The molecule has 4 heteroatoms. The van der Waals surface area contributed by atoms with Crippen LogP contribution in [-0.2, 0) is 11.2 Å². The summed E-state index contributed by atoms with van der Waals surface area (Å²) in [7, 11) is 0. The summed E-state index contributed by atoms with van der Waals surface area (Å²) in [6, 6.07) is 3.63. The van der Waals surface area contributed by atoms with E-state index in [-0.39, 0.29) is 17.9 Å². The lowest BCUT2D eigenvalue weighted by Crippen LogP contribution is -2.31. The Balaban J connectivity index is 2.10. The van der Waals surface area contributed by atoms with Crippen molar-refractivity contribution in [3.8, 4) is 0 Å². The molecule has 1 heterocycles. The highest BCUT2D eigenvalue weighted by Gasteiger charge is 2.19. The Bertz CT molecular complexity index is 464. The lowest BCUT2D eigenvalue weighted by molar-refractivity contribution is -0.128. The lowest BCUT2D eigenvalue weighted by Gasteiger charge is -2.24. The number of halogens is 2. The average Bonchev–Trinajstić information content (AvgIpc) is 2.34. The molecule has 2 rings (SSSR count). The van der Waals surface area contributed by atoms with Crippen molar-refractivity contribution in [3.05, 3.63) is 47.7 Å². The number of nitrogens with zero attached hydrogens (tertiary/aromatic N) is 1. The summed E-state index contributed by atoms with van der Waals surface area (Å²) >= 11 is 0. The van der Waals surface area contributed by atoms with Gasteiger partial charge < -0.3 is 4.90 Å². The van der Waals surface area contributed by atoms with Crippen LogP contribution >= 0.6 is 0 Å². The summed E-state index contributed by atoms with van der Waals surface area (Å²) in [5.41, 5.74) is -0.158. The van der Waals surface area contributed by atoms with Gasteiger partial charge in [0.25, 0.3) is 0 Å². The predicted molar refractivity (Wildman–Crippen MR) is 64.7 cm³/mol. The molecule has 1 aromatic rings. The molecule has 0 bridgehead atoms. The molecule has 1 amide bonds. The van der Waals surface area contributed by atoms with Gasteiger partial charge in [-0.05, 0) is 24.5 Å². The van der Waals surface area contributed by atoms with Crippen LogP contribution in [0.2, 0.25) is 0 Å². The minimum absolute atomic E-state index is 0.158. The molecule has 96 valence electrons. The molecule has 0 radical (unpaired) electrons. The van der Waals surface area contributed by atoms with E-state index in [4.69, 9.17) is 0 Å². The van der Waals surface area contributed by atoms with Crippen LogP contribution in [0.5, 0.6) is 0 Å². The zero-order chi connectivity index (χ0) is 13.1. The van der Waals surface area contributed by atoms with E-state index in [1.807, 2.05) is 6.08 Å². The second kappa shape index (κ2) is 5.29. The van der Waals surface area contributed by atoms with Crippen LogP contribution in [0.3, 0.4) is 0 Å². The highest BCUT2D eigenvalue weighted by atomic mass is 19.1. The van der Waals surface area contributed by atoms with E-state index in [2.05, 4.69) is 6.92 Å². The molecule has 1 atom stereocenters. The SMILES string of the molecule is CC1C=CN(C(=O)Cc2c(F)cccc2F)CC1. The molecule has 0 saturated carbocycles. The molecule has 0 N–H and O–H groups in total. The van der Waals surface area contributed by atoms with Gasteiger partial charge in [0.15, 0.2) is 0 Å². The largest absolute Gasteiger partial charge is 0.319 e. The zero-order valence-corrected chi connectivity index (χ0v) is 10.2. The Morgan fingerprint density at radius 2 is 2.06 bits per heavy atom. The Morgan fingerprint density at radius 3 is 2.61 bits per heavy atom. The van der Waals surface area contributed by atoms with Gasteiger partial charge >= 0.3 is 0 Å². The number of carbonyl (C=O) groups excluding carboxylic acids is 1. The molecule has 1 aliphatic heterocycles. The molecule has 2 nitrogen and oxygen atoms in total. The van der Waals surface area contributed by atoms with E-state index in [1.54, 1.807) is 6.20 Å². The van der Waals surface area contributed by atoms with Gasteiger partial charge in [-0.25, -0.2) is 8.78 Å². The van der Waals surface area contributed by atoms with E-state index in [9.17, 15) is 13.6 Å². The summed E-state index contributed by atoms with van der Waals surface area (Å²) in [6.45, 7) is 2.67. The third-order valence-corrected chi connectivity index (χ3v) is 3.13. The van der Waals surface area contributed by atoms with Crippen LogP contribution in [0.15, 0.2) is 30.5 Å². The molecule has 18 heavy (non-hydrogen) atoms. The third kappa shape index (κ3) is 2.75. The lowest BCUT2D eigenvalue weighted by atomic mass is 10.0. The van der Waals surface area contributed by atoms with Crippen molar-refractivity contribution in [3.63, 3.8) is 0 Å². The predicted octanol–water partition coefficient (Wildman–Crippen LogP) is 2.89. The van der Waals surface area contributed by atoms with Crippen molar-refractivity contribution in [1.82, 2.24) is 4.90 Å². The Morgan fingerprint density at radius 1 is 1.39 bits per heavy atom. The highest BCUT2D eigenvalue weighted by molar-refractivity contribution is 5.80. The summed E-state index contributed by atoms with van der Waals surface area (Å²) in [6.07, 6.45) is 4.27. The van der Waals surface area contributed by atoms with Gasteiger partial charge in [0.1, 0.15) is 11.6 Å². The van der Waals surface area contributed by atoms with E-state index in [0.29, 0.717) is 12.5 Å². The van der Waals surface area contributed by atoms with Crippen LogP contribution in [-0.4, -0.2) is 17.4 Å². The quantitative estimate of drug-likeness (QED) is 0.791. The number of allylic oxidation sites excluding steroid dienone is 1. The second-order valence-corrected chi connectivity index (χ2v) is 4.57. The first-order chi connectivity index (χ1) is 8.58. The fraction of sp³-hybridized carbons (Fsp3) is 0.357. The first kappa shape index (κ1) is 12.7. The first-order valence-electron chi connectivity index (χ1n) is 5.98. The number of amides is 1. The number of rotatable bonds is 2. The van der Waals surface area contributed by atoms with Crippen molar-refractivity contribution in [1.29, 1.82) is 0 Å². The molecule has 0 aromatic heterocycles. The first-order valence-corrected chi connectivity index (χ1v) is 5.98. The van der Waals surface area contributed by atoms with Gasteiger partial charge in [0, 0.05) is 18.3 Å². The van der Waals surface area contributed by atoms with Gasteiger partial charge in [-0.2, -0.15) is 0 Å². The zero-order valence-electron chi connectivity index (χ0n) is 10.2. The normalized spacial score (nSPS) is 19.1. The number of carbonyl (C=O) groups is 1. The average molecular weight is 251 g/mol. The Labute approximate surface area is 105 Å². The summed E-state index contributed by atoms with van der Waals surface area (Å²) < 4.78 is 26.8. The van der Waals surface area contributed by atoms with Crippen LogP contribution in [0, 0.1) is 17.6 Å². The minimum atomic E-state index is -0.669. The number of benzene rings is 1. The topological polar surface area (TPSA) is 20.3 Å². The maximum Gasteiger partial charge on any atom is 0.231 e. The van der Waals surface area contributed by atoms with Crippen molar-refractivity contribution >= 4 is 5.91 Å². The van der Waals surface area contributed by atoms with E-state index < -0.39 is 11.6 Å². The monoisotopic (exact) mass is 251 g/mol. The number of hydrogen-bond acceptors (Lipinski definition) is 1. The van der Waals surface area contributed by atoms with Gasteiger partial charge in [-0.15, -0.1) is 0 Å². The molecule has 1 unspecified atom stereocenters. The van der Waals surface area contributed by atoms with Crippen molar-refractivity contribution in [2.75, 3.05) is 6.54 Å². The Hall–Kier alpha value is -1.71.